The molecule has 0 unspecified atom stereocenters. The molecule has 4 N–H and O–H groups in total. The monoisotopic (exact) mass is 452 g/mol. The van der Waals surface area contributed by atoms with Crippen LogP contribution in [0.1, 0.15) is 5.56 Å². The summed E-state index contributed by atoms with van der Waals surface area (Å²) in [5.41, 5.74) is 11.8. The van der Waals surface area contributed by atoms with Gasteiger partial charge in [0.1, 0.15) is 11.5 Å². The number of non-ortho nitro benzene ring substituents is 2. The third kappa shape index (κ3) is 4.85. The van der Waals surface area contributed by atoms with Gasteiger partial charge in [-0.15, -0.1) is 0 Å². The third-order valence-electron chi connectivity index (χ3n) is 4.66. The van der Waals surface area contributed by atoms with Crippen molar-refractivity contribution in [2.45, 2.75) is 6.92 Å². The number of carbonyl (C=O) groups excluding carboxylic acids is 2. The van der Waals surface area contributed by atoms with Crippen molar-refractivity contribution < 1.29 is 28.9 Å². The summed E-state index contributed by atoms with van der Waals surface area (Å²) in [6.07, 6.45) is -2.33. The molecule has 0 saturated carbocycles. The lowest BCUT2D eigenvalue weighted by Gasteiger charge is -2.19. The summed E-state index contributed by atoms with van der Waals surface area (Å²) in [7, 11) is 0. The van der Waals surface area contributed by atoms with Crippen LogP contribution in [-0.2, 0) is 0 Å². The minimum atomic E-state index is -1.17. The number of nitrogens with zero attached hydrogens (tertiary/aromatic N) is 2. The predicted octanol–water partition coefficient (Wildman–Crippen LogP) is 4.06. The Labute approximate surface area is 185 Å². The standard InChI is InChI=1S/C21H16N4O8/c1-11-16(12-2-6-14(7-3-12)24(28)29)10-17(32-20(22)26)18(19(11)33-21(23)27)13-4-8-15(9-5-13)25(30)31/h2-10H,1H3,(H2,22,26)(H2,23,27). The van der Waals surface area contributed by atoms with Crippen LogP contribution >= 0.6 is 0 Å². The Bertz CT molecular complexity index is 1270. The minimum absolute atomic E-state index is 0.0801. The third-order valence-corrected chi connectivity index (χ3v) is 4.66. The first-order valence-electron chi connectivity index (χ1n) is 9.20. The number of hydrogen-bond acceptors (Lipinski definition) is 8. The molecule has 0 heterocycles. The topological polar surface area (TPSA) is 191 Å². The summed E-state index contributed by atoms with van der Waals surface area (Å²) in [4.78, 5) is 44.0. The maximum atomic E-state index is 11.7. The highest BCUT2D eigenvalue weighted by atomic mass is 16.6. The fourth-order valence-corrected chi connectivity index (χ4v) is 3.24. The quantitative estimate of drug-likeness (QED) is 0.413. The number of ether oxygens (including phenoxy) is 2. The second-order valence-electron chi connectivity index (χ2n) is 6.70. The average molecular weight is 452 g/mol. The molecule has 0 aliphatic rings. The summed E-state index contributed by atoms with van der Waals surface area (Å²) >= 11 is 0. The van der Waals surface area contributed by atoms with E-state index in [2.05, 4.69) is 0 Å². The summed E-state index contributed by atoms with van der Waals surface area (Å²) in [5.74, 6) is -0.199. The predicted molar refractivity (Wildman–Crippen MR) is 116 cm³/mol. The van der Waals surface area contributed by atoms with Crippen molar-refractivity contribution in [3.63, 3.8) is 0 Å². The van der Waals surface area contributed by atoms with Gasteiger partial charge in [-0.05, 0) is 53.9 Å². The molecular formula is C21H16N4O8. The van der Waals surface area contributed by atoms with Crippen molar-refractivity contribution in [2.75, 3.05) is 0 Å². The minimum Gasteiger partial charge on any atom is -0.410 e. The molecule has 0 saturated heterocycles. The Hall–Kier alpha value is -5.00. The summed E-state index contributed by atoms with van der Waals surface area (Å²) in [6.45, 7) is 1.60. The number of carbonyl (C=O) groups is 2. The van der Waals surface area contributed by atoms with Crippen LogP contribution in [0.2, 0.25) is 0 Å². The number of amides is 2. The number of nitro groups is 2. The smallest absolute Gasteiger partial charge is 0.409 e. The fraction of sp³-hybridized carbons (Fsp3) is 0.0476. The zero-order valence-corrected chi connectivity index (χ0v) is 17.0. The number of primary amides is 2. The van der Waals surface area contributed by atoms with E-state index in [4.69, 9.17) is 20.9 Å². The van der Waals surface area contributed by atoms with Crippen molar-refractivity contribution in [3.05, 3.63) is 80.4 Å². The molecule has 0 bridgehead atoms. The lowest BCUT2D eigenvalue weighted by atomic mass is 9.93. The van der Waals surface area contributed by atoms with Crippen LogP contribution in [-0.4, -0.2) is 22.0 Å². The second-order valence-corrected chi connectivity index (χ2v) is 6.70. The number of nitrogens with two attached hydrogens (primary N) is 2. The molecule has 0 fully saturated rings. The molecular weight excluding hydrogens is 436 g/mol. The van der Waals surface area contributed by atoms with Gasteiger partial charge in [0.05, 0.1) is 15.4 Å². The fourth-order valence-electron chi connectivity index (χ4n) is 3.24. The molecule has 3 aromatic rings. The Morgan fingerprint density at radius 3 is 1.67 bits per heavy atom. The van der Waals surface area contributed by atoms with Crippen LogP contribution in [0.5, 0.6) is 11.5 Å². The first-order chi connectivity index (χ1) is 15.6. The zero-order valence-electron chi connectivity index (χ0n) is 17.0. The first-order valence-corrected chi connectivity index (χ1v) is 9.20. The van der Waals surface area contributed by atoms with E-state index in [1.165, 1.54) is 54.6 Å². The highest BCUT2D eigenvalue weighted by Crippen LogP contribution is 2.46. The molecule has 12 nitrogen and oxygen atoms in total. The van der Waals surface area contributed by atoms with Crippen LogP contribution in [0, 0.1) is 27.2 Å². The molecule has 2 amide bonds. The first kappa shape index (κ1) is 22.7. The van der Waals surface area contributed by atoms with Crippen molar-refractivity contribution in [3.8, 4) is 33.8 Å². The molecule has 33 heavy (non-hydrogen) atoms. The van der Waals surface area contributed by atoms with E-state index < -0.39 is 22.0 Å². The van der Waals surface area contributed by atoms with E-state index in [1.54, 1.807) is 6.92 Å². The maximum absolute atomic E-state index is 11.7. The molecule has 168 valence electrons. The highest BCUT2D eigenvalue weighted by molar-refractivity contribution is 5.89. The Balaban J connectivity index is 2.30. The van der Waals surface area contributed by atoms with Gasteiger partial charge in [0.2, 0.25) is 0 Å². The average Bonchev–Trinajstić information content (AvgIpc) is 2.75. The van der Waals surface area contributed by atoms with Crippen LogP contribution in [0.15, 0.2) is 54.6 Å². The number of nitro benzene ring substituents is 2. The van der Waals surface area contributed by atoms with Gasteiger partial charge < -0.3 is 20.9 Å². The van der Waals surface area contributed by atoms with Crippen LogP contribution in [0.3, 0.4) is 0 Å². The van der Waals surface area contributed by atoms with E-state index in [9.17, 15) is 29.8 Å². The Morgan fingerprint density at radius 1 is 0.788 bits per heavy atom. The van der Waals surface area contributed by atoms with Crippen LogP contribution in [0.4, 0.5) is 21.0 Å². The molecule has 0 aliphatic heterocycles. The van der Waals surface area contributed by atoms with Crippen LogP contribution in [0.25, 0.3) is 22.3 Å². The van der Waals surface area contributed by atoms with Gasteiger partial charge in [-0.3, -0.25) is 20.2 Å². The van der Waals surface area contributed by atoms with Crippen molar-refractivity contribution in [1.82, 2.24) is 0 Å². The lowest BCUT2D eigenvalue weighted by Crippen LogP contribution is -2.19. The molecule has 3 rings (SSSR count). The molecule has 0 radical (unpaired) electrons. The number of benzene rings is 3. The molecule has 0 aromatic heterocycles. The van der Waals surface area contributed by atoms with Gasteiger partial charge in [-0.1, -0.05) is 0 Å². The van der Waals surface area contributed by atoms with Gasteiger partial charge >= 0.3 is 12.2 Å². The van der Waals surface area contributed by atoms with E-state index in [1.807, 2.05) is 0 Å². The second kappa shape index (κ2) is 9.01. The zero-order chi connectivity index (χ0) is 24.3. The molecule has 12 heteroatoms. The van der Waals surface area contributed by atoms with Crippen molar-refractivity contribution >= 4 is 23.6 Å². The number of rotatable bonds is 6. The van der Waals surface area contributed by atoms with Gasteiger partial charge in [-0.25, -0.2) is 9.59 Å². The van der Waals surface area contributed by atoms with Gasteiger partial charge in [0.15, 0.2) is 0 Å². The summed E-state index contributed by atoms with van der Waals surface area (Å²) in [5, 5.41) is 21.9. The number of hydrogen-bond donors (Lipinski definition) is 2. The Kier molecular flexibility index (Phi) is 6.19. The van der Waals surface area contributed by atoms with E-state index >= 15 is 0 Å². The van der Waals surface area contributed by atoms with Crippen molar-refractivity contribution in [2.24, 2.45) is 11.5 Å². The van der Waals surface area contributed by atoms with Crippen molar-refractivity contribution in [1.29, 1.82) is 0 Å². The molecule has 0 spiro atoms. The van der Waals surface area contributed by atoms with Crippen LogP contribution < -0.4 is 20.9 Å². The molecule has 3 aromatic carbocycles. The Morgan fingerprint density at radius 2 is 1.24 bits per heavy atom. The maximum Gasteiger partial charge on any atom is 0.409 e. The van der Waals surface area contributed by atoms with E-state index in [0.717, 1.165) is 0 Å². The normalized spacial score (nSPS) is 10.3. The lowest BCUT2D eigenvalue weighted by molar-refractivity contribution is -0.385. The van der Waals surface area contributed by atoms with E-state index in [-0.39, 0.29) is 28.4 Å². The largest absolute Gasteiger partial charge is 0.410 e. The summed E-state index contributed by atoms with van der Waals surface area (Å²) < 4.78 is 10.4. The highest BCUT2D eigenvalue weighted by Gasteiger charge is 2.24. The van der Waals surface area contributed by atoms with Gasteiger partial charge in [-0.2, -0.15) is 0 Å². The molecule has 0 aliphatic carbocycles. The van der Waals surface area contributed by atoms with E-state index in [0.29, 0.717) is 22.3 Å². The summed E-state index contributed by atoms with van der Waals surface area (Å²) in [6, 6.07) is 12.1. The molecule has 0 atom stereocenters. The van der Waals surface area contributed by atoms with Gasteiger partial charge in [0, 0.05) is 29.8 Å². The van der Waals surface area contributed by atoms with Gasteiger partial charge in [0.25, 0.3) is 11.4 Å². The SMILES string of the molecule is Cc1c(-c2ccc([N+](=O)[O-])cc2)cc(OC(N)=O)c(-c2ccc([N+](=O)[O-])cc2)c1OC(N)=O.